The van der Waals surface area contributed by atoms with Gasteiger partial charge in [0.1, 0.15) is 29.8 Å². The van der Waals surface area contributed by atoms with E-state index in [0.29, 0.717) is 40.4 Å². The normalized spacial score (nSPS) is 22.4. The highest BCUT2D eigenvalue weighted by Crippen LogP contribution is 2.45. The number of likely N-dealkylation sites (tertiary alicyclic amines) is 1. The molecule has 2 unspecified atom stereocenters. The Labute approximate surface area is 247 Å². The van der Waals surface area contributed by atoms with Crippen molar-refractivity contribution in [3.63, 3.8) is 0 Å². The smallest absolute Gasteiger partial charge is 0.412 e. The minimum atomic E-state index is -4.74. The number of hydrogen-bond donors (Lipinski definition) is 0. The van der Waals surface area contributed by atoms with Crippen LogP contribution in [0, 0.1) is 12.8 Å². The van der Waals surface area contributed by atoms with E-state index in [1.54, 1.807) is 24.3 Å². The van der Waals surface area contributed by atoms with E-state index < -0.39 is 36.3 Å². The number of fused-ring (bicyclic) bond motifs is 1. The zero-order valence-electron chi connectivity index (χ0n) is 23.8. The number of hydrogen-bond acceptors (Lipinski definition) is 6. The summed E-state index contributed by atoms with van der Waals surface area (Å²) in [5.41, 5.74) is 1.86. The summed E-state index contributed by atoms with van der Waals surface area (Å²) in [6.07, 6.45) is -5.98. The Balaban J connectivity index is 1.87. The van der Waals surface area contributed by atoms with E-state index in [9.17, 15) is 22.8 Å². The summed E-state index contributed by atoms with van der Waals surface area (Å²) in [4.78, 5) is 32.4. The third kappa shape index (κ3) is 6.12. The van der Waals surface area contributed by atoms with Crippen LogP contribution in [0.1, 0.15) is 35.6 Å². The third-order valence-electron chi connectivity index (χ3n) is 7.70. The predicted octanol–water partition coefficient (Wildman–Crippen LogP) is 5.51. The van der Waals surface area contributed by atoms with Crippen LogP contribution in [0.2, 0.25) is 5.02 Å². The van der Waals surface area contributed by atoms with Crippen LogP contribution in [0.15, 0.2) is 54.0 Å². The second-order valence-corrected chi connectivity index (χ2v) is 10.5. The van der Waals surface area contributed by atoms with Crippen LogP contribution in [0.5, 0.6) is 5.75 Å². The molecule has 1 amide bonds. The van der Waals surface area contributed by atoms with Gasteiger partial charge < -0.3 is 24.0 Å². The van der Waals surface area contributed by atoms with Crippen LogP contribution < -0.4 is 9.64 Å². The molecule has 0 spiro atoms. The Kier molecular flexibility index (Phi) is 9.52. The molecule has 226 valence electrons. The van der Waals surface area contributed by atoms with Gasteiger partial charge in [-0.15, -0.1) is 6.58 Å². The number of carbonyl (C=O) groups is 2. The number of ether oxygens (including phenoxy) is 3. The average Bonchev–Trinajstić information content (AvgIpc) is 3.41. The Morgan fingerprint density at radius 1 is 1.24 bits per heavy atom. The Morgan fingerprint density at radius 2 is 1.98 bits per heavy atom. The lowest BCUT2D eigenvalue weighted by molar-refractivity contribution is -0.145. The maximum Gasteiger partial charge on any atom is 0.412 e. The molecule has 4 rings (SSSR count). The summed E-state index contributed by atoms with van der Waals surface area (Å²) in [5, 5.41) is 0.292. The van der Waals surface area contributed by atoms with Crippen molar-refractivity contribution in [2.45, 2.75) is 44.2 Å². The number of carbonyl (C=O) groups excluding carboxylic acids is 2. The van der Waals surface area contributed by atoms with Crippen molar-refractivity contribution in [1.82, 2.24) is 4.90 Å². The van der Waals surface area contributed by atoms with E-state index >= 15 is 0 Å². The SMILES string of the molecule is C=CC(N1C(=NC)[C@@H](CC(=O)N2CCC(C(=O)OC)C2)O[C@H](c2cccc(OC)c2C)c2cc(Cl)ccc21)C(F)(F)F. The van der Waals surface area contributed by atoms with E-state index in [2.05, 4.69) is 11.6 Å². The Morgan fingerprint density at radius 3 is 2.60 bits per heavy atom. The lowest BCUT2D eigenvalue weighted by Gasteiger charge is -2.35. The van der Waals surface area contributed by atoms with Crippen molar-refractivity contribution in [2.75, 3.05) is 39.3 Å². The van der Waals surface area contributed by atoms with Crippen LogP contribution >= 0.6 is 11.6 Å². The Hall–Kier alpha value is -3.57. The molecule has 1 fully saturated rings. The highest BCUT2D eigenvalue weighted by Gasteiger charge is 2.48. The maximum absolute atomic E-state index is 14.5. The predicted molar refractivity (Wildman–Crippen MR) is 153 cm³/mol. The monoisotopic (exact) mass is 607 g/mol. The van der Waals surface area contributed by atoms with Gasteiger partial charge in [-0.05, 0) is 48.7 Å². The van der Waals surface area contributed by atoms with Gasteiger partial charge in [0.15, 0.2) is 0 Å². The van der Waals surface area contributed by atoms with Crippen molar-refractivity contribution in [1.29, 1.82) is 0 Å². The number of amides is 1. The van der Waals surface area contributed by atoms with Gasteiger partial charge in [-0.3, -0.25) is 14.6 Å². The summed E-state index contributed by atoms with van der Waals surface area (Å²) >= 11 is 6.39. The topological polar surface area (TPSA) is 80.7 Å². The molecule has 2 aromatic carbocycles. The van der Waals surface area contributed by atoms with Gasteiger partial charge in [0.05, 0.1) is 26.6 Å². The molecule has 2 heterocycles. The fraction of sp³-hybridized carbons (Fsp3) is 0.433. The number of amidine groups is 1. The molecule has 1 saturated heterocycles. The van der Waals surface area contributed by atoms with Crippen molar-refractivity contribution >= 4 is 35.0 Å². The molecular weight excluding hydrogens is 575 g/mol. The molecular formula is C30H33ClF3N3O5. The van der Waals surface area contributed by atoms with Crippen LogP contribution in [0.25, 0.3) is 0 Å². The molecule has 12 heteroatoms. The molecule has 0 saturated carbocycles. The lowest BCUT2D eigenvalue weighted by atomic mass is 9.95. The number of esters is 1. The zero-order valence-corrected chi connectivity index (χ0v) is 24.5. The molecule has 2 aromatic rings. The molecule has 0 aliphatic carbocycles. The van der Waals surface area contributed by atoms with Gasteiger partial charge in [0.25, 0.3) is 0 Å². The van der Waals surface area contributed by atoms with Gasteiger partial charge in [-0.25, -0.2) is 0 Å². The summed E-state index contributed by atoms with van der Waals surface area (Å²) in [6, 6.07) is 7.68. The first-order valence-electron chi connectivity index (χ1n) is 13.3. The second kappa shape index (κ2) is 12.7. The van der Waals surface area contributed by atoms with Crippen molar-refractivity contribution in [2.24, 2.45) is 10.9 Å². The summed E-state index contributed by atoms with van der Waals surface area (Å²) in [7, 11) is 4.16. The summed E-state index contributed by atoms with van der Waals surface area (Å²) in [5.74, 6) is -0.819. The van der Waals surface area contributed by atoms with Gasteiger partial charge in [-0.2, -0.15) is 13.2 Å². The quantitative estimate of drug-likeness (QED) is 0.305. The van der Waals surface area contributed by atoms with E-state index in [1.807, 2.05) is 6.92 Å². The van der Waals surface area contributed by atoms with Gasteiger partial charge in [-0.1, -0.05) is 29.8 Å². The fourth-order valence-corrected chi connectivity index (χ4v) is 5.79. The first-order chi connectivity index (χ1) is 19.9. The average molecular weight is 608 g/mol. The van der Waals surface area contributed by atoms with Crippen molar-refractivity contribution < 1.29 is 37.0 Å². The number of halogens is 4. The molecule has 2 aliphatic heterocycles. The molecule has 2 aliphatic rings. The molecule has 0 bridgehead atoms. The number of benzene rings is 2. The van der Waals surface area contributed by atoms with E-state index in [1.165, 1.54) is 38.3 Å². The maximum atomic E-state index is 14.5. The number of alkyl halides is 3. The third-order valence-corrected chi connectivity index (χ3v) is 7.93. The molecule has 8 nitrogen and oxygen atoms in total. The summed E-state index contributed by atoms with van der Waals surface area (Å²) < 4.78 is 60.5. The van der Waals surface area contributed by atoms with Gasteiger partial charge in [0.2, 0.25) is 5.91 Å². The van der Waals surface area contributed by atoms with E-state index in [-0.39, 0.29) is 30.4 Å². The largest absolute Gasteiger partial charge is 0.496 e. The highest BCUT2D eigenvalue weighted by molar-refractivity contribution is 6.30. The van der Waals surface area contributed by atoms with Crippen LogP contribution in [0.4, 0.5) is 18.9 Å². The number of methoxy groups -OCH3 is 2. The molecule has 0 N–H and O–H groups in total. The minimum Gasteiger partial charge on any atom is -0.496 e. The Bertz CT molecular complexity index is 1380. The number of nitrogens with zero attached hydrogens (tertiary/aromatic N) is 3. The van der Waals surface area contributed by atoms with Crippen molar-refractivity contribution in [3.8, 4) is 5.75 Å². The van der Waals surface area contributed by atoms with Crippen LogP contribution in [-0.4, -0.2) is 75.3 Å². The van der Waals surface area contributed by atoms with Gasteiger partial charge in [0, 0.05) is 36.4 Å². The minimum absolute atomic E-state index is 0.0964. The highest BCUT2D eigenvalue weighted by atomic mass is 35.5. The van der Waals surface area contributed by atoms with Gasteiger partial charge >= 0.3 is 12.1 Å². The van der Waals surface area contributed by atoms with Crippen LogP contribution in [-0.2, 0) is 19.1 Å². The molecule has 4 atom stereocenters. The lowest BCUT2D eigenvalue weighted by Crippen LogP contribution is -2.52. The fourth-order valence-electron chi connectivity index (χ4n) is 5.61. The second-order valence-electron chi connectivity index (χ2n) is 10.1. The molecule has 42 heavy (non-hydrogen) atoms. The zero-order chi connectivity index (χ0) is 30.8. The van der Waals surface area contributed by atoms with Crippen molar-refractivity contribution in [3.05, 3.63) is 70.8 Å². The molecule has 0 aromatic heterocycles. The van der Waals surface area contributed by atoms with E-state index in [4.69, 9.17) is 25.8 Å². The first-order valence-corrected chi connectivity index (χ1v) is 13.7. The van der Waals surface area contributed by atoms with E-state index in [0.717, 1.165) is 11.0 Å². The summed E-state index contributed by atoms with van der Waals surface area (Å²) in [6.45, 7) is 5.74. The number of aliphatic imine (C=N–C) groups is 1. The number of anilines is 1. The number of rotatable bonds is 7. The first kappa shape index (κ1) is 31.4. The van der Waals surface area contributed by atoms with Crippen LogP contribution in [0.3, 0.4) is 0 Å². The molecule has 0 radical (unpaired) electrons. The standard InChI is InChI=1S/C30H33ClF3N3O5/c1-6-25(30(32,33)34)37-22-11-10-19(31)14-21(22)27(20-8-7-9-23(40-4)17(20)2)42-24(28(37)35-3)15-26(38)36-13-12-18(16-36)29(39)41-5/h6-11,14,18,24-25,27H,1,12-13,15-16H2,2-5H3/t18?,24-,25?,27-/m1/s1.